The van der Waals surface area contributed by atoms with E-state index in [2.05, 4.69) is 63.8 Å². The van der Waals surface area contributed by atoms with Crippen LogP contribution >= 0.6 is 0 Å². The lowest BCUT2D eigenvalue weighted by Crippen LogP contribution is -2.51. The second-order valence-electron chi connectivity index (χ2n) is 12.4. The summed E-state index contributed by atoms with van der Waals surface area (Å²) < 4.78 is 1.59. The molecule has 6 rings (SSSR count). The zero-order chi connectivity index (χ0) is 31.1. The Morgan fingerprint density at radius 3 is 2.57 bits per heavy atom. The molecule has 1 atom stereocenters. The van der Waals surface area contributed by atoms with Gasteiger partial charge in [-0.15, -0.1) is 5.10 Å². The van der Waals surface area contributed by atoms with E-state index in [0.717, 1.165) is 22.9 Å². The Kier molecular flexibility index (Phi) is 7.10. The molecule has 0 aliphatic heterocycles. The second-order valence-corrected chi connectivity index (χ2v) is 12.4. The Morgan fingerprint density at radius 2 is 1.89 bits per heavy atom. The van der Waals surface area contributed by atoms with Gasteiger partial charge in [0.1, 0.15) is 23.4 Å². The van der Waals surface area contributed by atoms with Gasteiger partial charge in [-0.3, -0.25) is 14.8 Å². The van der Waals surface area contributed by atoms with Crippen LogP contribution in [0, 0.1) is 28.1 Å². The fourth-order valence-corrected chi connectivity index (χ4v) is 5.68. The first-order chi connectivity index (χ1) is 21.1. The lowest BCUT2D eigenvalue weighted by atomic mass is 9.76. The molecule has 0 spiro atoms. The Hall–Kier alpha value is -5.55. The molecule has 1 amide bonds. The summed E-state index contributed by atoms with van der Waals surface area (Å²) in [6, 6.07) is 17.3. The molecule has 220 valence electrons. The summed E-state index contributed by atoms with van der Waals surface area (Å²) in [6.07, 6.45) is 7.11. The van der Waals surface area contributed by atoms with Crippen LogP contribution in [0.5, 0.6) is 0 Å². The summed E-state index contributed by atoms with van der Waals surface area (Å²) in [4.78, 5) is 21.5. The Morgan fingerprint density at radius 1 is 1.09 bits per heavy atom. The molecule has 1 aliphatic rings. The van der Waals surface area contributed by atoms with Gasteiger partial charge in [0, 0.05) is 35.4 Å². The van der Waals surface area contributed by atoms with Crippen LogP contribution in [0.2, 0.25) is 0 Å². The highest BCUT2D eigenvalue weighted by molar-refractivity contribution is 5.99. The van der Waals surface area contributed by atoms with E-state index in [4.69, 9.17) is 5.73 Å². The number of nitrogens with one attached hydrogen (secondary N) is 2. The fourth-order valence-electron chi connectivity index (χ4n) is 5.68. The predicted octanol–water partition coefficient (Wildman–Crippen LogP) is 5.14. The number of hydrogen-bond acceptors (Lipinski definition) is 9. The Bertz CT molecular complexity index is 1980. The van der Waals surface area contributed by atoms with Gasteiger partial charge < -0.3 is 16.4 Å². The zero-order valence-corrected chi connectivity index (χ0v) is 24.8. The predicted molar refractivity (Wildman–Crippen MR) is 167 cm³/mol. The van der Waals surface area contributed by atoms with Gasteiger partial charge in [-0.2, -0.15) is 10.5 Å². The molecule has 11 nitrogen and oxygen atoms in total. The summed E-state index contributed by atoms with van der Waals surface area (Å²) in [5, 5.41) is 37.5. The van der Waals surface area contributed by atoms with Gasteiger partial charge in [-0.25, -0.2) is 4.68 Å². The maximum Gasteiger partial charge on any atom is 0.245 e. The van der Waals surface area contributed by atoms with Crippen LogP contribution in [0.25, 0.3) is 21.8 Å². The van der Waals surface area contributed by atoms with Crippen molar-refractivity contribution in [2.24, 2.45) is 11.1 Å². The van der Waals surface area contributed by atoms with Crippen LogP contribution in [0.3, 0.4) is 0 Å². The number of amides is 1. The van der Waals surface area contributed by atoms with Gasteiger partial charge in [0.2, 0.25) is 5.91 Å². The molecule has 3 aromatic heterocycles. The summed E-state index contributed by atoms with van der Waals surface area (Å²) in [5.41, 5.74) is 9.63. The summed E-state index contributed by atoms with van der Waals surface area (Å²) in [7, 11) is 0. The molecule has 4 N–H and O–H groups in total. The van der Waals surface area contributed by atoms with Crippen molar-refractivity contribution in [3.63, 3.8) is 0 Å². The van der Waals surface area contributed by atoms with Crippen molar-refractivity contribution in [1.82, 2.24) is 25.0 Å². The van der Waals surface area contributed by atoms with Crippen LogP contribution < -0.4 is 16.4 Å². The normalized spacial score (nSPS) is 14.8. The summed E-state index contributed by atoms with van der Waals surface area (Å²) in [5.74, 6) is -0.427. The average molecular weight is 585 g/mol. The molecule has 2 aromatic carbocycles. The summed E-state index contributed by atoms with van der Waals surface area (Å²) in [6.45, 7) is 6.92. The molecule has 1 saturated carbocycles. The maximum atomic E-state index is 12.5. The van der Waals surface area contributed by atoms with Crippen molar-refractivity contribution in [2.75, 3.05) is 17.2 Å². The maximum absolute atomic E-state index is 12.5. The molecular formula is C33H32N10O. The Labute approximate surface area is 254 Å². The number of nitriles is 2. The van der Waals surface area contributed by atoms with Crippen molar-refractivity contribution in [3.8, 4) is 12.1 Å². The highest BCUT2D eigenvalue weighted by Gasteiger charge is 2.46. The number of fused-ring (bicyclic) bond motifs is 2. The smallest absolute Gasteiger partial charge is 0.245 e. The van der Waals surface area contributed by atoms with E-state index in [1.165, 1.54) is 6.20 Å². The van der Waals surface area contributed by atoms with E-state index < -0.39 is 17.5 Å². The molecule has 0 saturated heterocycles. The van der Waals surface area contributed by atoms with Gasteiger partial charge in [-0.05, 0) is 54.5 Å². The van der Waals surface area contributed by atoms with E-state index in [1.54, 1.807) is 23.1 Å². The SMILES string of the molecule is CC(C)(C)CNc1c(C#N)cnc2c(C#N)cc(N[C@H](c3cn(C4(C(N)=O)CCC4)nn3)c3cccc4ncccc34)cc12. The van der Waals surface area contributed by atoms with E-state index in [1.807, 2.05) is 36.4 Å². The molecule has 44 heavy (non-hydrogen) atoms. The minimum Gasteiger partial charge on any atom is -0.383 e. The van der Waals surface area contributed by atoms with Crippen molar-refractivity contribution in [3.05, 3.63) is 83.4 Å². The molecule has 1 aliphatic carbocycles. The van der Waals surface area contributed by atoms with Gasteiger partial charge in [-0.1, -0.05) is 44.2 Å². The lowest BCUT2D eigenvalue weighted by molar-refractivity contribution is -0.131. The number of anilines is 2. The molecular weight excluding hydrogens is 552 g/mol. The van der Waals surface area contributed by atoms with Gasteiger partial charge in [0.25, 0.3) is 0 Å². The standard InChI is InChI=1S/C33H32N10O/c1-32(2,3)19-39-29-21(16-35)17-38-28-20(15-34)13-22(14-25(28)29)40-30(24-7-4-9-26-23(24)8-5-12-37-26)27-18-43(42-41-27)33(31(36)44)10-6-11-33/h4-5,7-9,12-14,17-18,30,40H,6,10-11,19H2,1-3H3,(H2,36,44)(H,38,39)/t30-/m0/s1. The Balaban J connectivity index is 1.51. The number of benzene rings is 2. The number of hydrogen-bond donors (Lipinski definition) is 3. The number of nitrogens with two attached hydrogens (primary N) is 1. The van der Waals surface area contributed by atoms with Gasteiger partial charge in [0.05, 0.1) is 40.1 Å². The number of nitrogens with zero attached hydrogens (tertiary/aromatic N) is 7. The van der Waals surface area contributed by atoms with E-state index in [9.17, 15) is 15.3 Å². The minimum atomic E-state index is -0.889. The van der Waals surface area contributed by atoms with Crippen LogP contribution in [-0.2, 0) is 10.3 Å². The van der Waals surface area contributed by atoms with Crippen LogP contribution in [0.1, 0.15) is 68.5 Å². The van der Waals surface area contributed by atoms with Gasteiger partial charge in [0.15, 0.2) is 0 Å². The first kappa shape index (κ1) is 28.6. The van der Waals surface area contributed by atoms with Crippen LogP contribution in [-0.4, -0.2) is 37.4 Å². The fraction of sp³-hybridized carbons (Fsp3) is 0.303. The van der Waals surface area contributed by atoms with E-state index in [-0.39, 0.29) is 5.41 Å². The summed E-state index contributed by atoms with van der Waals surface area (Å²) >= 11 is 0. The van der Waals surface area contributed by atoms with E-state index in [0.29, 0.717) is 58.5 Å². The minimum absolute atomic E-state index is 0.0573. The number of aromatic nitrogens is 5. The van der Waals surface area contributed by atoms with Crippen LogP contribution in [0.4, 0.5) is 11.4 Å². The first-order valence-electron chi connectivity index (χ1n) is 14.5. The largest absolute Gasteiger partial charge is 0.383 e. The molecule has 11 heteroatoms. The molecule has 3 heterocycles. The van der Waals surface area contributed by atoms with Crippen molar-refractivity contribution in [2.45, 2.75) is 51.6 Å². The topological polar surface area (TPSA) is 171 Å². The third-order valence-corrected chi connectivity index (χ3v) is 8.19. The van der Waals surface area contributed by atoms with Gasteiger partial charge >= 0.3 is 0 Å². The molecule has 0 radical (unpaired) electrons. The average Bonchev–Trinajstić information content (AvgIpc) is 3.46. The lowest BCUT2D eigenvalue weighted by Gasteiger charge is -2.38. The third kappa shape index (κ3) is 5.03. The second kappa shape index (κ2) is 10.9. The van der Waals surface area contributed by atoms with Crippen molar-refractivity contribution < 1.29 is 4.79 Å². The van der Waals surface area contributed by atoms with Crippen molar-refractivity contribution >= 4 is 39.1 Å². The quantitative estimate of drug-likeness (QED) is 0.223. The zero-order valence-electron chi connectivity index (χ0n) is 24.8. The number of rotatable bonds is 8. The van der Waals surface area contributed by atoms with E-state index >= 15 is 0 Å². The third-order valence-electron chi connectivity index (χ3n) is 8.19. The number of carbonyl (C=O) groups excluding carboxylic acids is 1. The number of carbonyl (C=O) groups is 1. The monoisotopic (exact) mass is 584 g/mol. The first-order valence-corrected chi connectivity index (χ1v) is 14.5. The molecule has 1 fully saturated rings. The number of pyridine rings is 2. The highest BCUT2D eigenvalue weighted by Crippen LogP contribution is 2.40. The number of primary amides is 1. The molecule has 5 aromatic rings. The highest BCUT2D eigenvalue weighted by atomic mass is 16.1. The molecule has 0 bridgehead atoms. The van der Waals surface area contributed by atoms with Crippen molar-refractivity contribution in [1.29, 1.82) is 10.5 Å². The molecule has 0 unspecified atom stereocenters. The van der Waals surface area contributed by atoms with Crippen LogP contribution in [0.15, 0.2) is 61.1 Å².